The summed E-state index contributed by atoms with van der Waals surface area (Å²) < 4.78 is 5.02. The number of Topliss-reactive ketones (excluding diaryl/α,β-unsaturated/α-hetero) is 1. The lowest BCUT2D eigenvalue weighted by Gasteiger charge is -2.13. The number of methoxy groups -OCH3 is 1. The largest absolute Gasteiger partial charge is 0.504 e. The Hall–Kier alpha value is -1.26. The molecule has 0 amide bonds. The quantitative estimate of drug-likeness (QED) is 0.793. The number of benzene rings is 1. The van der Waals surface area contributed by atoms with Gasteiger partial charge in [0.1, 0.15) is 0 Å². The molecule has 0 atom stereocenters. The van der Waals surface area contributed by atoms with Crippen LogP contribution in [0.3, 0.4) is 0 Å². The first-order chi connectivity index (χ1) is 8.06. The van der Waals surface area contributed by atoms with Gasteiger partial charge in [0.2, 0.25) is 0 Å². The molecule has 0 aliphatic rings. The lowest BCUT2D eigenvalue weighted by molar-refractivity contribution is 0.0982. The number of hydrogen-bond acceptors (Lipinski definition) is 4. The van der Waals surface area contributed by atoms with Crippen LogP contribution >= 0.6 is 11.6 Å². The monoisotopic (exact) mass is 257 g/mol. The van der Waals surface area contributed by atoms with Gasteiger partial charge in [0.05, 0.1) is 17.7 Å². The van der Waals surface area contributed by atoms with Crippen molar-refractivity contribution in [2.24, 2.45) is 5.73 Å². The van der Waals surface area contributed by atoms with E-state index >= 15 is 0 Å². The van der Waals surface area contributed by atoms with Crippen LogP contribution in [0, 0.1) is 0 Å². The zero-order valence-electron chi connectivity index (χ0n) is 9.92. The summed E-state index contributed by atoms with van der Waals surface area (Å²) >= 11 is 6.10. The smallest absolute Gasteiger partial charge is 0.170 e. The standard InChI is InChI=1S/C12H16ClNO3/c1-3-7-6-9(17-2)12(16)10(11(7)13)8(15)4-5-14/h6,16H,3-5,14H2,1-2H3. The van der Waals surface area contributed by atoms with E-state index in [1.807, 2.05) is 6.92 Å². The minimum atomic E-state index is -0.274. The van der Waals surface area contributed by atoms with Crippen LogP contribution in [0.4, 0.5) is 0 Å². The lowest BCUT2D eigenvalue weighted by atomic mass is 10.0. The molecule has 0 saturated heterocycles. The van der Waals surface area contributed by atoms with Crippen molar-refractivity contribution in [1.82, 2.24) is 0 Å². The van der Waals surface area contributed by atoms with Crippen LogP contribution in [0.1, 0.15) is 29.3 Å². The summed E-state index contributed by atoms with van der Waals surface area (Å²) in [5.41, 5.74) is 6.20. The zero-order valence-corrected chi connectivity index (χ0v) is 10.7. The third-order valence-corrected chi connectivity index (χ3v) is 2.96. The summed E-state index contributed by atoms with van der Waals surface area (Å²) in [6.07, 6.45) is 0.794. The highest BCUT2D eigenvalue weighted by atomic mass is 35.5. The molecule has 1 aromatic carbocycles. The van der Waals surface area contributed by atoms with Crippen LogP contribution in [0.2, 0.25) is 5.02 Å². The third kappa shape index (κ3) is 2.70. The minimum Gasteiger partial charge on any atom is -0.504 e. The Morgan fingerprint density at radius 1 is 1.59 bits per heavy atom. The van der Waals surface area contributed by atoms with Crippen molar-refractivity contribution in [2.45, 2.75) is 19.8 Å². The average molecular weight is 258 g/mol. The van der Waals surface area contributed by atoms with E-state index in [1.54, 1.807) is 6.07 Å². The molecule has 0 heterocycles. The molecule has 0 unspecified atom stereocenters. The molecular formula is C12H16ClNO3. The van der Waals surface area contributed by atoms with Gasteiger partial charge in [0.15, 0.2) is 17.3 Å². The Labute approximate surface area is 105 Å². The maximum atomic E-state index is 11.8. The maximum Gasteiger partial charge on any atom is 0.170 e. The lowest BCUT2D eigenvalue weighted by Crippen LogP contribution is -2.10. The van der Waals surface area contributed by atoms with Crippen molar-refractivity contribution in [2.75, 3.05) is 13.7 Å². The summed E-state index contributed by atoms with van der Waals surface area (Å²) in [5, 5.41) is 10.2. The number of aryl methyl sites for hydroxylation is 1. The van der Waals surface area contributed by atoms with Crippen molar-refractivity contribution < 1.29 is 14.6 Å². The van der Waals surface area contributed by atoms with E-state index in [0.29, 0.717) is 6.42 Å². The summed E-state index contributed by atoms with van der Waals surface area (Å²) in [5.74, 6) is -0.233. The second kappa shape index (κ2) is 5.89. The molecule has 0 bridgehead atoms. The first kappa shape index (κ1) is 13.8. The molecule has 0 fully saturated rings. The predicted molar refractivity (Wildman–Crippen MR) is 67.0 cm³/mol. The van der Waals surface area contributed by atoms with Crippen molar-refractivity contribution in [3.05, 3.63) is 22.2 Å². The number of carbonyl (C=O) groups is 1. The number of aromatic hydroxyl groups is 1. The van der Waals surface area contributed by atoms with Crippen LogP contribution in [0.5, 0.6) is 11.5 Å². The fraction of sp³-hybridized carbons (Fsp3) is 0.417. The number of nitrogens with two attached hydrogens (primary N) is 1. The highest BCUT2D eigenvalue weighted by Gasteiger charge is 2.21. The topological polar surface area (TPSA) is 72.5 Å². The molecule has 0 spiro atoms. The van der Waals surface area contributed by atoms with Gasteiger partial charge in [-0.1, -0.05) is 18.5 Å². The Morgan fingerprint density at radius 3 is 2.71 bits per heavy atom. The molecule has 17 heavy (non-hydrogen) atoms. The molecule has 5 heteroatoms. The van der Waals surface area contributed by atoms with E-state index in [1.165, 1.54) is 7.11 Å². The molecule has 3 N–H and O–H groups in total. The number of ether oxygens (including phenoxy) is 1. The first-order valence-electron chi connectivity index (χ1n) is 5.38. The summed E-state index contributed by atoms with van der Waals surface area (Å²) in [6.45, 7) is 2.13. The fourth-order valence-corrected chi connectivity index (χ4v) is 1.98. The number of halogens is 1. The SMILES string of the molecule is CCc1cc(OC)c(O)c(C(=O)CCN)c1Cl. The zero-order chi connectivity index (χ0) is 13.0. The summed E-state index contributed by atoms with van der Waals surface area (Å²) in [4.78, 5) is 11.8. The van der Waals surface area contributed by atoms with Crippen LogP contribution in [0.15, 0.2) is 6.07 Å². The average Bonchev–Trinajstić information content (AvgIpc) is 2.30. The van der Waals surface area contributed by atoms with E-state index in [0.717, 1.165) is 5.56 Å². The highest BCUT2D eigenvalue weighted by molar-refractivity contribution is 6.35. The third-order valence-electron chi connectivity index (χ3n) is 2.53. The minimum absolute atomic E-state index is 0.105. The molecule has 4 nitrogen and oxygen atoms in total. The summed E-state index contributed by atoms with van der Waals surface area (Å²) in [7, 11) is 1.43. The van der Waals surface area contributed by atoms with Crippen LogP contribution in [-0.2, 0) is 6.42 Å². The van der Waals surface area contributed by atoms with E-state index in [2.05, 4.69) is 0 Å². The molecule has 94 valence electrons. The highest BCUT2D eigenvalue weighted by Crippen LogP contribution is 2.38. The van der Waals surface area contributed by atoms with Gasteiger partial charge >= 0.3 is 0 Å². The van der Waals surface area contributed by atoms with Gasteiger partial charge in [0, 0.05) is 6.42 Å². The number of ketones is 1. The van der Waals surface area contributed by atoms with Gasteiger partial charge in [-0.05, 0) is 24.6 Å². The van der Waals surface area contributed by atoms with Crippen LogP contribution in [-0.4, -0.2) is 24.5 Å². The maximum absolute atomic E-state index is 11.8. The van der Waals surface area contributed by atoms with Gasteiger partial charge < -0.3 is 15.6 Å². The predicted octanol–water partition coefficient (Wildman–Crippen LogP) is 2.15. The Morgan fingerprint density at radius 2 is 2.24 bits per heavy atom. The number of rotatable bonds is 5. The fourth-order valence-electron chi connectivity index (χ4n) is 1.60. The van der Waals surface area contributed by atoms with Crippen molar-refractivity contribution in [3.63, 3.8) is 0 Å². The molecule has 0 radical (unpaired) electrons. The Balaban J connectivity index is 3.39. The molecule has 0 aromatic heterocycles. The Bertz CT molecular complexity index is 404. The van der Waals surface area contributed by atoms with E-state index < -0.39 is 0 Å². The van der Waals surface area contributed by atoms with Crippen LogP contribution < -0.4 is 10.5 Å². The van der Waals surface area contributed by atoms with E-state index in [4.69, 9.17) is 22.1 Å². The molecule has 1 aromatic rings. The van der Waals surface area contributed by atoms with Crippen molar-refractivity contribution in [1.29, 1.82) is 0 Å². The van der Waals surface area contributed by atoms with Crippen molar-refractivity contribution in [3.8, 4) is 11.5 Å². The van der Waals surface area contributed by atoms with Gasteiger partial charge in [-0.2, -0.15) is 0 Å². The Kier molecular flexibility index (Phi) is 4.78. The first-order valence-corrected chi connectivity index (χ1v) is 5.76. The number of hydrogen-bond donors (Lipinski definition) is 2. The molecule has 0 aliphatic heterocycles. The van der Waals surface area contributed by atoms with E-state index in [-0.39, 0.29) is 40.8 Å². The van der Waals surface area contributed by atoms with Gasteiger partial charge in [-0.15, -0.1) is 0 Å². The van der Waals surface area contributed by atoms with Gasteiger partial charge in [-0.3, -0.25) is 4.79 Å². The number of phenolic OH excluding ortho intramolecular Hbond substituents is 1. The number of carbonyl (C=O) groups excluding carboxylic acids is 1. The summed E-state index contributed by atoms with van der Waals surface area (Å²) in [6, 6.07) is 1.64. The molecule has 0 saturated carbocycles. The normalized spacial score (nSPS) is 10.4. The molecule has 1 rings (SSSR count). The second-order valence-electron chi connectivity index (χ2n) is 3.59. The van der Waals surface area contributed by atoms with Gasteiger partial charge in [0.25, 0.3) is 0 Å². The second-order valence-corrected chi connectivity index (χ2v) is 3.97. The molecule has 0 aliphatic carbocycles. The van der Waals surface area contributed by atoms with Gasteiger partial charge in [-0.25, -0.2) is 0 Å². The molecular weight excluding hydrogens is 242 g/mol. The van der Waals surface area contributed by atoms with Crippen molar-refractivity contribution >= 4 is 17.4 Å². The number of phenols is 1. The van der Waals surface area contributed by atoms with E-state index in [9.17, 15) is 9.90 Å². The van der Waals surface area contributed by atoms with Crippen LogP contribution in [0.25, 0.3) is 0 Å².